The summed E-state index contributed by atoms with van der Waals surface area (Å²) in [6.45, 7) is 4.00. The average Bonchev–Trinajstić information content (AvgIpc) is 2.07. The van der Waals surface area contributed by atoms with Gasteiger partial charge in [0.05, 0.1) is 13.7 Å². The topological polar surface area (TPSA) is 34.5 Å². The lowest BCUT2D eigenvalue weighted by Crippen LogP contribution is -1.88. The molecule has 0 aliphatic heterocycles. The summed E-state index contributed by atoms with van der Waals surface area (Å²) >= 11 is 0. The highest BCUT2D eigenvalue weighted by Crippen LogP contribution is 2.06. The van der Waals surface area contributed by atoms with Gasteiger partial charge in [0.1, 0.15) is 0 Å². The third kappa shape index (κ3) is 2.04. The van der Waals surface area contributed by atoms with Gasteiger partial charge in [-0.3, -0.25) is 4.99 Å². The Balaban J connectivity index is 2.74. The monoisotopic (exact) mass is 150 g/mol. The number of aromatic nitrogens is 1. The summed E-state index contributed by atoms with van der Waals surface area (Å²) in [5, 5.41) is 0. The number of aliphatic imine (C=N–C) groups is 1. The first kappa shape index (κ1) is 7.72. The van der Waals surface area contributed by atoms with Crippen LogP contribution in [0.4, 0.5) is 0 Å². The van der Waals surface area contributed by atoms with Crippen molar-refractivity contribution in [3.63, 3.8) is 0 Å². The maximum absolute atomic E-state index is 4.89. The van der Waals surface area contributed by atoms with E-state index >= 15 is 0 Å². The van der Waals surface area contributed by atoms with Crippen LogP contribution in [-0.4, -0.2) is 18.8 Å². The van der Waals surface area contributed by atoms with Gasteiger partial charge in [0, 0.05) is 12.3 Å². The number of pyridine rings is 1. The fourth-order valence-corrected chi connectivity index (χ4v) is 0.754. The van der Waals surface area contributed by atoms with E-state index in [0.29, 0.717) is 12.4 Å². The van der Waals surface area contributed by atoms with Crippen molar-refractivity contribution in [3.8, 4) is 5.88 Å². The van der Waals surface area contributed by atoms with Crippen LogP contribution in [0.1, 0.15) is 5.56 Å². The SMILES string of the molecule is C=NCc1ccc(OC)nc1. The summed E-state index contributed by atoms with van der Waals surface area (Å²) < 4.78 is 4.89. The van der Waals surface area contributed by atoms with Crippen LogP contribution in [0.15, 0.2) is 23.3 Å². The Morgan fingerprint density at radius 3 is 2.91 bits per heavy atom. The highest BCUT2D eigenvalue weighted by molar-refractivity contribution is 5.25. The Hall–Kier alpha value is -1.38. The van der Waals surface area contributed by atoms with E-state index in [9.17, 15) is 0 Å². The second-order valence-electron chi connectivity index (χ2n) is 2.09. The van der Waals surface area contributed by atoms with E-state index in [-0.39, 0.29) is 0 Å². The molecule has 0 spiro atoms. The Bertz CT molecular complexity index is 230. The van der Waals surface area contributed by atoms with Gasteiger partial charge >= 0.3 is 0 Å². The van der Waals surface area contributed by atoms with E-state index in [1.807, 2.05) is 6.07 Å². The molecule has 0 aliphatic carbocycles. The number of nitrogens with zero attached hydrogens (tertiary/aromatic N) is 2. The number of hydrogen-bond donors (Lipinski definition) is 0. The number of ether oxygens (including phenoxy) is 1. The molecule has 0 atom stereocenters. The van der Waals surface area contributed by atoms with Crippen LogP contribution in [0, 0.1) is 0 Å². The van der Waals surface area contributed by atoms with Crippen LogP contribution in [-0.2, 0) is 6.54 Å². The van der Waals surface area contributed by atoms with Gasteiger partial charge in [-0.05, 0) is 12.3 Å². The Labute approximate surface area is 65.8 Å². The Kier molecular flexibility index (Phi) is 2.60. The summed E-state index contributed by atoms with van der Waals surface area (Å²) in [6.07, 6.45) is 1.73. The third-order valence-electron chi connectivity index (χ3n) is 1.30. The van der Waals surface area contributed by atoms with Crippen molar-refractivity contribution >= 4 is 6.72 Å². The van der Waals surface area contributed by atoms with E-state index in [2.05, 4.69) is 16.7 Å². The highest BCUT2D eigenvalue weighted by Gasteiger charge is 1.92. The zero-order valence-corrected chi connectivity index (χ0v) is 6.45. The van der Waals surface area contributed by atoms with Crippen LogP contribution in [0.25, 0.3) is 0 Å². The molecule has 0 aliphatic rings. The van der Waals surface area contributed by atoms with Gasteiger partial charge in [-0.25, -0.2) is 4.98 Å². The van der Waals surface area contributed by atoms with Gasteiger partial charge in [-0.2, -0.15) is 0 Å². The van der Waals surface area contributed by atoms with E-state index in [1.165, 1.54) is 0 Å². The first-order valence-electron chi connectivity index (χ1n) is 3.28. The molecule has 1 aromatic heterocycles. The molecule has 1 rings (SSSR count). The third-order valence-corrected chi connectivity index (χ3v) is 1.30. The molecule has 0 amide bonds. The fraction of sp³-hybridized carbons (Fsp3) is 0.250. The summed E-state index contributed by atoms with van der Waals surface area (Å²) in [4.78, 5) is 7.74. The van der Waals surface area contributed by atoms with Crippen LogP contribution in [0.3, 0.4) is 0 Å². The maximum atomic E-state index is 4.89. The van der Waals surface area contributed by atoms with E-state index < -0.39 is 0 Å². The van der Waals surface area contributed by atoms with E-state index in [4.69, 9.17) is 4.74 Å². The van der Waals surface area contributed by atoms with Crippen molar-refractivity contribution in [2.24, 2.45) is 4.99 Å². The zero-order chi connectivity index (χ0) is 8.10. The average molecular weight is 150 g/mol. The van der Waals surface area contributed by atoms with Gasteiger partial charge in [0.25, 0.3) is 0 Å². The predicted octanol–water partition coefficient (Wildman–Crippen LogP) is 1.29. The second-order valence-corrected chi connectivity index (χ2v) is 2.09. The molecule has 0 saturated carbocycles. The number of methoxy groups -OCH3 is 1. The van der Waals surface area contributed by atoms with E-state index in [1.54, 1.807) is 19.4 Å². The summed E-state index contributed by atoms with van der Waals surface area (Å²) in [5.74, 6) is 0.623. The Morgan fingerprint density at radius 1 is 1.64 bits per heavy atom. The molecule has 3 heteroatoms. The molecular weight excluding hydrogens is 140 g/mol. The number of rotatable bonds is 3. The lowest BCUT2D eigenvalue weighted by Gasteiger charge is -1.98. The second kappa shape index (κ2) is 3.71. The zero-order valence-electron chi connectivity index (χ0n) is 6.45. The van der Waals surface area contributed by atoms with Crippen molar-refractivity contribution in [2.75, 3.05) is 7.11 Å². The van der Waals surface area contributed by atoms with Crippen molar-refractivity contribution in [1.29, 1.82) is 0 Å². The molecular formula is C8H10N2O. The van der Waals surface area contributed by atoms with Crippen LogP contribution < -0.4 is 4.74 Å². The standard InChI is InChI=1S/C8H10N2O/c1-9-5-7-3-4-8(11-2)10-6-7/h3-4,6H,1,5H2,2H3. The molecule has 11 heavy (non-hydrogen) atoms. The quantitative estimate of drug-likeness (QED) is 0.608. The molecule has 0 saturated heterocycles. The first-order valence-corrected chi connectivity index (χ1v) is 3.28. The normalized spacial score (nSPS) is 9.18. The molecule has 1 aromatic rings. The summed E-state index contributed by atoms with van der Waals surface area (Å²) in [7, 11) is 1.59. The minimum atomic E-state index is 0.608. The molecule has 0 radical (unpaired) electrons. The lowest BCUT2D eigenvalue weighted by molar-refractivity contribution is 0.397. The molecule has 1 heterocycles. The van der Waals surface area contributed by atoms with Crippen LogP contribution in [0.2, 0.25) is 0 Å². The molecule has 3 nitrogen and oxygen atoms in total. The molecule has 0 aromatic carbocycles. The molecule has 0 unspecified atom stereocenters. The number of hydrogen-bond acceptors (Lipinski definition) is 3. The smallest absolute Gasteiger partial charge is 0.212 e. The van der Waals surface area contributed by atoms with Gasteiger partial charge in [0.2, 0.25) is 5.88 Å². The van der Waals surface area contributed by atoms with Crippen molar-refractivity contribution in [3.05, 3.63) is 23.9 Å². The minimum absolute atomic E-state index is 0.608. The van der Waals surface area contributed by atoms with Gasteiger partial charge < -0.3 is 4.74 Å². The molecule has 0 bridgehead atoms. The summed E-state index contributed by atoms with van der Waals surface area (Å²) in [5.41, 5.74) is 1.04. The van der Waals surface area contributed by atoms with Gasteiger partial charge in [-0.15, -0.1) is 0 Å². The minimum Gasteiger partial charge on any atom is -0.481 e. The van der Waals surface area contributed by atoms with Crippen molar-refractivity contribution < 1.29 is 4.74 Å². The fourth-order valence-electron chi connectivity index (χ4n) is 0.754. The maximum Gasteiger partial charge on any atom is 0.212 e. The molecule has 0 fully saturated rings. The van der Waals surface area contributed by atoms with Crippen LogP contribution in [0.5, 0.6) is 5.88 Å². The Morgan fingerprint density at radius 2 is 2.45 bits per heavy atom. The summed E-state index contributed by atoms with van der Waals surface area (Å²) in [6, 6.07) is 3.72. The van der Waals surface area contributed by atoms with Crippen LogP contribution >= 0.6 is 0 Å². The van der Waals surface area contributed by atoms with Crippen molar-refractivity contribution in [2.45, 2.75) is 6.54 Å². The molecule has 58 valence electrons. The van der Waals surface area contributed by atoms with E-state index in [0.717, 1.165) is 5.56 Å². The van der Waals surface area contributed by atoms with Crippen molar-refractivity contribution in [1.82, 2.24) is 4.98 Å². The lowest BCUT2D eigenvalue weighted by atomic mass is 10.3. The largest absolute Gasteiger partial charge is 0.481 e. The molecule has 0 N–H and O–H groups in total. The van der Waals surface area contributed by atoms with Gasteiger partial charge in [0.15, 0.2) is 0 Å². The van der Waals surface area contributed by atoms with Gasteiger partial charge in [-0.1, -0.05) is 6.07 Å². The predicted molar refractivity (Wildman–Crippen MR) is 44.0 cm³/mol. The first-order chi connectivity index (χ1) is 5.36. The highest BCUT2D eigenvalue weighted by atomic mass is 16.5.